The predicted molar refractivity (Wildman–Crippen MR) is 122 cm³/mol. The highest BCUT2D eigenvalue weighted by molar-refractivity contribution is 5.91. The Labute approximate surface area is 185 Å². The predicted octanol–water partition coefficient (Wildman–Crippen LogP) is 1.05. The monoisotopic (exact) mass is 437 g/mol. The Balaban J connectivity index is 2.11. The molecule has 9 nitrogen and oxygen atoms in total. The van der Waals surface area contributed by atoms with Gasteiger partial charge < -0.3 is 15.0 Å². The van der Waals surface area contributed by atoms with Crippen molar-refractivity contribution in [2.75, 3.05) is 34.3 Å². The Morgan fingerprint density at radius 2 is 1.78 bits per heavy atom. The fourth-order valence-corrected chi connectivity index (χ4v) is 3.12. The number of aryl methyl sites for hydroxylation is 1. The fraction of sp³-hybridized carbons (Fsp3) is 0.304. The molecule has 0 atom stereocenters. The standard InChI is InChI=1S/C23H27N5O4/c1-16-7-5-6-8-17(16)15-27-22(30)20(21(29)24-13-14-26(2)3)25-28(23(27)31)18-9-11-19(32-4)12-10-18/h5-12H,13-15H2,1-4H3,(H,24,29). The summed E-state index contributed by atoms with van der Waals surface area (Å²) in [5.74, 6) is -0.0191. The van der Waals surface area contributed by atoms with Crippen molar-refractivity contribution in [3.05, 3.63) is 86.2 Å². The molecule has 3 rings (SSSR count). The number of carbonyl (C=O) groups is 1. The molecule has 1 aromatic heterocycles. The number of benzene rings is 2. The first-order valence-corrected chi connectivity index (χ1v) is 10.2. The molecular weight excluding hydrogens is 410 g/mol. The van der Waals surface area contributed by atoms with Crippen LogP contribution in [0.3, 0.4) is 0 Å². The Morgan fingerprint density at radius 3 is 2.41 bits per heavy atom. The largest absolute Gasteiger partial charge is 0.497 e. The van der Waals surface area contributed by atoms with Crippen LogP contribution in [0, 0.1) is 6.92 Å². The minimum atomic E-state index is -0.731. The summed E-state index contributed by atoms with van der Waals surface area (Å²) in [7, 11) is 5.30. The maximum absolute atomic E-state index is 13.2. The summed E-state index contributed by atoms with van der Waals surface area (Å²) in [6.45, 7) is 2.87. The summed E-state index contributed by atoms with van der Waals surface area (Å²) in [4.78, 5) is 41.0. The number of aromatic nitrogens is 3. The topological polar surface area (TPSA) is 98.5 Å². The summed E-state index contributed by atoms with van der Waals surface area (Å²) < 4.78 is 7.28. The van der Waals surface area contributed by atoms with Crippen LogP contribution in [0.1, 0.15) is 21.6 Å². The highest BCUT2D eigenvalue weighted by Gasteiger charge is 2.20. The Hall–Kier alpha value is -3.72. The van der Waals surface area contributed by atoms with Crippen molar-refractivity contribution in [1.82, 2.24) is 24.6 Å². The summed E-state index contributed by atoms with van der Waals surface area (Å²) in [6, 6.07) is 14.1. The van der Waals surface area contributed by atoms with E-state index in [-0.39, 0.29) is 12.2 Å². The average molecular weight is 438 g/mol. The second-order valence-electron chi connectivity index (χ2n) is 7.62. The van der Waals surface area contributed by atoms with Crippen LogP contribution in [0.5, 0.6) is 5.75 Å². The molecule has 0 saturated heterocycles. The highest BCUT2D eigenvalue weighted by atomic mass is 16.5. The Morgan fingerprint density at radius 1 is 1.09 bits per heavy atom. The SMILES string of the molecule is COc1ccc(-n2nc(C(=O)NCCN(C)C)c(=O)n(Cc3ccccc3C)c2=O)cc1. The molecule has 0 bridgehead atoms. The fourth-order valence-electron chi connectivity index (χ4n) is 3.12. The van der Waals surface area contributed by atoms with E-state index in [1.807, 2.05) is 50.2 Å². The van der Waals surface area contributed by atoms with Crippen molar-refractivity contribution >= 4 is 5.91 Å². The zero-order valence-electron chi connectivity index (χ0n) is 18.7. The quantitative estimate of drug-likeness (QED) is 0.566. The second kappa shape index (κ2) is 10.1. The summed E-state index contributed by atoms with van der Waals surface area (Å²) in [6.07, 6.45) is 0. The van der Waals surface area contributed by atoms with E-state index in [0.29, 0.717) is 24.5 Å². The first kappa shape index (κ1) is 23.0. The van der Waals surface area contributed by atoms with Gasteiger partial charge in [0.05, 0.1) is 19.3 Å². The number of nitrogens with zero attached hydrogens (tertiary/aromatic N) is 4. The van der Waals surface area contributed by atoms with Gasteiger partial charge in [-0.1, -0.05) is 24.3 Å². The van der Waals surface area contributed by atoms with E-state index in [9.17, 15) is 14.4 Å². The zero-order chi connectivity index (χ0) is 23.3. The summed E-state index contributed by atoms with van der Waals surface area (Å²) in [5, 5.41) is 6.82. The van der Waals surface area contributed by atoms with Gasteiger partial charge in [0.2, 0.25) is 5.69 Å². The van der Waals surface area contributed by atoms with Gasteiger partial charge in [-0.2, -0.15) is 9.78 Å². The number of likely N-dealkylation sites (N-methyl/N-ethyl adjacent to an activating group) is 1. The molecule has 2 aromatic carbocycles. The van der Waals surface area contributed by atoms with Gasteiger partial charge in [0.1, 0.15) is 5.75 Å². The van der Waals surface area contributed by atoms with Crippen molar-refractivity contribution in [2.24, 2.45) is 0 Å². The molecule has 0 saturated carbocycles. The Kier molecular flexibility index (Phi) is 7.21. The number of rotatable bonds is 8. The molecule has 0 aliphatic rings. The van der Waals surface area contributed by atoms with Crippen molar-refractivity contribution < 1.29 is 9.53 Å². The molecule has 0 fully saturated rings. The average Bonchev–Trinajstić information content (AvgIpc) is 2.77. The molecule has 0 aliphatic heterocycles. The third-order valence-electron chi connectivity index (χ3n) is 5.03. The lowest BCUT2D eigenvalue weighted by Gasteiger charge is -2.14. The lowest BCUT2D eigenvalue weighted by atomic mass is 10.1. The van der Waals surface area contributed by atoms with Crippen LogP contribution in [-0.4, -0.2) is 59.4 Å². The first-order valence-electron chi connectivity index (χ1n) is 10.2. The van der Waals surface area contributed by atoms with E-state index < -0.39 is 17.2 Å². The molecule has 9 heteroatoms. The highest BCUT2D eigenvalue weighted by Crippen LogP contribution is 2.13. The molecule has 1 heterocycles. The maximum Gasteiger partial charge on any atom is 0.352 e. The molecular formula is C23H27N5O4. The smallest absolute Gasteiger partial charge is 0.352 e. The lowest BCUT2D eigenvalue weighted by Crippen LogP contribution is -2.46. The van der Waals surface area contributed by atoms with E-state index in [1.54, 1.807) is 24.3 Å². The zero-order valence-corrected chi connectivity index (χ0v) is 18.7. The van der Waals surface area contributed by atoms with Crippen LogP contribution >= 0.6 is 0 Å². The van der Waals surface area contributed by atoms with Gasteiger partial charge in [-0.05, 0) is 56.4 Å². The Bertz CT molecular complexity index is 1210. The van der Waals surface area contributed by atoms with Gasteiger partial charge in [-0.25, -0.2) is 4.79 Å². The maximum atomic E-state index is 13.2. The van der Waals surface area contributed by atoms with E-state index in [2.05, 4.69) is 10.4 Å². The van der Waals surface area contributed by atoms with Crippen LogP contribution in [0.2, 0.25) is 0 Å². The first-order chi connectivity index (χ1) is 15.3. The minimum absolute atomic E-state index is 0.0288. The van der Waals surface area contributed by atoms with Gasteiger partial charge >= 0.3 is 5.69 Å². The van der Waals surface area contributed by atoms with E-state index in [0.717, 1.165) is 20.4 Å². The van der Waals surface area contributed by atoms with E-state index >= 15 is 0 Å². The normalized spacial score (nSPS) is 10.9. The van der Waals surface area contributed by atoms with Crippen molar-refractivity contribution in [1.29, 1.82) is 0 Å². The summed E-state index contributed by atoms with van der Waals surface area (Å²) >= 11 is 0. The molecule has 3 aromatic rings. The molecule has 1 N–H and O–H groups in total. The van der Waals surface area contributed by atoms with Gasteiger partial charge in [-0.15, -0.1) is 0 Å². The van der Waals surface area contributed by atoms with Crippen LogP contribution in [0.4, 0.5) is 0 Å². The van der Waals surface area contributed by atoms with Gasteiger partial charge in [0, 0.05) is 13.1 Å². The number of ether oxygens (including phenoxy) is 1. The number of hydrogen-bond donors (Lipinski definition) is 1. The van der Waals surface area contributed by atoms with Crippen molar-refractivity contribution in [2.45, 2.75) is 13.5 Å². The van der Waals surface area contributed by atoms with Crippen LogP contribution in [0.15, 0.2) is 58.1 Å². The molecule has 0 radical (unpaired) electrons. The van der Waals surface area contributed by atoms with Gasteiger partial charge in [-0.3, -0.25) is 14.2 Å². The third kappa shape index (κ3) is 5.12. The molecule has 0 spiro atoms. The molecule has 168 valence electrons. The molecule has 32 heavy (non-hydrogen) atoms. The number of carbonyl (C=O) groups excluding carboxylic acids is 1. The van der Waals surface area contributed by atoms with Gasteiger partial charge in [0.15, 0.2) is 0 Å². The van der Waals surface area contributed by atoms with Crippen LogP contribution < -0.4 is 21.3 Å². The van der Waals surface area contributed by atoms with Crippen molar-refractivity contribution in [3.8, 4) is 11.4 Å². The number of nitrogens with one attached hydrogen (secondary N) is 1. The number of methoxy groups -OCH3 is 1. The molecule has 1 amide bonds. The number of amides is 1. The second-order valence-corrected chi connectivity index (χ2v) is 7.62. The third-order valence-corrected chi connectivity index (χ3v) is 5.03. The molecule has 0 aliphatic carbocycles. The van der Waals surface area contributed by atoms with E-state index in [1.165, 1.54) is 7.11 Å². The summed E-state index contributed by atoms with van der Waals surface area (Å²) in [5.41, 5.74) is 0.449. The van der Waals surface area contributed by atoms with E-state index in [4.69, 9.17) is 4.74 Å². The van der Waals surface area contributed by atoms with Gasteiger partial charge in [0.25, 0.3) is 11.5 Å². The lowest BCUT2D eigenvalue weighted by molar-refractivity contribution is 0.0941. The molecule has 0 unspecified atom stereocenters. The van der Waals surface area contributed by atoms with Crippen LogP contribution in [-0.2, 0) is 6.54 Å². The van der Waals surface area contributed by atoms with Crippen LogP contribution in [0.25, 0.3) is 5.69 Å². The van der Waals surface area contributed by atoms with Crippen molar-refractivity contribution in [3.63, 3.8) is 0 Å². The minimum Gasteiger partial charge on any atom is -0.497 e. The number of hydrogen-bond acceptors (Lipinski definition) is 6.